The molecular formula is C32H29ClFN3O4. The van der Waals surface area contributed by atoms with Gasteiger partial charge in [0, 0.05) is 41.7 Å². The van der Waals surface area contributed by atoms with Gasteiger partial charge >= 0.3 is 0 Å². The van der Waals surface area contributed by atoms with E-state index < -0.39 is 6.04 Å². The molecule has 210 valence electrons. The monoisotopic (exact) mass is 573 g/mol. The Hall–Kier alpha value is -4.00. The minimum absolute atomic E-state index is 0.151. The largest absolute Gasteiger partial charge is 0.488 e. The fourth-order valence-electron chi connectivity index (χ4n) is 4.99. The highest BCUT2D eigenvalue weighted by molar-refractivity contribution is 6.32. The van der Waals surface area contributed by atoms with Crippen molar-refractivity contribution in [1.82, 2.24) is 10.3 Å². The molecule has 0 spiro atoms. The molecule has 1 aliphatic carbocycles. The van der Waals surface area contributed by atoms with E-state index in [4.69, 9.17) is 21.1 Å². The third-order valence-electron chi connectivity index (χ3n) is 7.10. The van der Waals surface area contributed by atoms with Crippen LogP contribution < -0.4 is 14.8 Å². The lowest BCUT2D eigenvalue weighted by Crippen LogP contribution is -2.35. The van der Waals surface area contributed by atoms with Crippen molar-refractivity contribution < 1.29 is 24.1 Å². The van der Waals surface area contributed by atoms with E-state index in [1.54, 1.807) is 36.5 Å². The van der Waals surface area contributed by atoms with Crippen LogP contribution in [0.15, 0.2) is 73.1 Å². The number of hydrogen-bond acceptors (Lipinski definition) is 7. The summed E-state index contributed by atoms with van der Waals surface area (Å²) in [6.07, 6.45) is 4.27. The van der Waals surface area contributed by atoms with Gasteiger partial charge in [-0.05, 0) is 47.7 Å². The number of nitrogens with zero attached hydrogens (tertiary/aromatic N) is 2. The van der Waals surface area contributed by atoms with Gasteiger partial charge in [0.25, 0.3) is 0 Å². The fourth-order valence-corrected chi connectivity index (χ4v) is 5.22. The van der Waals surface area contributed by atoms with E-state index in [1.807, 2.05) is 24.3 Å². The number of halogens is 2. The predicted octanol–water partition coefficient (Wildman–Crippen LogP) is 5.50. The van der Waals surface area contributed by atoms with E-state index in [-0.39, 0.29) is 38.3 Å². The first-order chi connectivity index (χ1) is 20.0. The zero-order valence-electron chi connectivity index (χ0n) is 22.2. The standard InChI is InChI=1S/C32H29ClFN3O4/c33-28-11-22(16-37-23(17-38)18-39)31(40-19-21-10-20(13-35)14-36-15-21)12-32(28)41-30-9-8-25-24(5-3-6-27(25)30)26-4-1-2-7-29(26)34/h1-7,10-12,14-15,23,30,37-39H,8-9,16-19H2/t30-/m0/s1. The molecule has 1 heterocycles. The number of aliphatic hydroxyl groups is 2. The molecule has 0 amide bonds. The van der Waals surface area contributed by atoms with Gasteiger partial charge in [0.1, 0.15) is 36.1 Å². The molecule has 0 bridgehead atoms. The Morgan fingerprint density at radius 1 is 1.05 bits per heavy atom. The molecular weight excluding hydrogens is 545 g/mol. The van der Waals surface area contributed by atoms with Crippen LogP contribution in [0.4, 0.5) is 4.39 Å². The molecule has 1 aromatic heterocycles. The van der Waals surface area contributed by atoms with Gasteiger partial charge in [-0.1, -0.05) is 48.0 Å². The topological polar surface area (TPSA) is 108 Å². The average molecular weight is 574 g/mol. The Morgan fingerprint density at radius 3 is 2.63 bits per heavy atom. The van der Waals surface area contributed by atoms with Crippen molar-refractivity contribution in [3.05, 3.63) is 112 Å². The van der Waals surface area contributed by atoms with Gasteiger partial charge in [0.05, 0.1) is 29.8 Å². The lowest BCUT2D eigenvalue weighted by atomic mass is 9.96. The molecule has 7 nitrogen and oxygen atoms in total. The zero-order valence-corrected chi connectivity index (χ0v) is 22.9. The lowest BCUT2D eigenvalue weighted by Gasteiger charge is -2.20. The Balaban J connectivity index is 1.42. The molecule has 3 N–H and O–H groups in total. The van der Waals surface area contributed by atoms with Gasteiger partial charge in [0.15, 0.2) is 0 Å². The number of fused-ring (bicyclic) bond motifs is 1. The Bertz CT molecular complexity index is 1570. The van der Waals surface area contributed by atoms with Crippen LogP contribution >= 0.6 is 11.6 Å². The first kappa shape index (κ1) is 28.5. The Morgan fingerprint density at radius 2 is 1.85 bits per heavy atom. The van der Waals surface area contributed by atoms with Crippen molar-refractivity contribution in [3.8, 4) is 28.7 Å². The minimum Gasteiger partial charge on any atom is -0.488 e. The molecule has 0 saturated carbocycles. The number of aliphatic hydroxyl groups excluding tert-OH is 2. The quantitative estimate of drug-likeness (QED) is 0.217. The summed E-state index contributed by atoms with van der Waals surface area (Å²) in [4.78, 5) is 4.09. The summed E-state index contributed by atoms with van der Waals surface area (Å²) in [7, 11) is 0. The molecule has 1 aliphatic rings. The van der Waals surface area contributed by atoms with Crippen LogP contribution in [-0.2, 0) is 19.6 Å². The number of benzene rings is 3. The average Bonchev–Trinajstić information content (AvgIpc) is 3.41. The summed E-state index contributed by atoms with van der Waals surface area (Å²) in [6, 6.07) is 19.3. The van der Waals surface area contributed by atoms with Crippen LogP contribution in [0.1, 0.15) is 40.3 Å². The predicted molar refractivity (Wildman–Crippen MR) is 153 cm³/mol. The number of nitrogens with one attached hydrogen (secondary N) is 1. The highest BCUT2D eigenvalue weighted by atomic mass is 35.5. The summed E-state index contributed by atoms with van der Waals surface area (Å²) in [6.45, 7) is -0.0391. The van der Waals surface area contributed by atoms with Crippen molar-refractivity contribution in [1.29, 1.82) is 5.26 Å². The molecule has 3 aromatic carbocycles. The number of nitriles is 1. The highest BCUT2D eigenvalue weighted by Gasteiger charge is 2.28. The van der Waals surface area contributed by atoms with E-state index in [2.05, 4.69) is 16.4 Å². The second-order valence-electron chi connectivity index (χ2n) is 9.81. The third-order valence-corrected chi connectivity index (χ3v) is 7.40. The van der Waals surface area contributed by atoms with Crippen molar-refractivity contribution in [2.24, 2.45) is 0 Å². The summed E-state index contributed by atoms with van der Waals surface area (Å²) in [5.41, 5.74) is 5.31. The van der Waals surface area contributed by atoms with Crippen LogP contribution in [0.5, 0.6) is 11.5 Å². The van der Waals surface area contributed by atoms with Crippen LogP contribution in [0.2, 0.25) is 5.02 Å². The molecule has 0 radical (unpaired) electrons. The highest BCUT2D eigenvalue weighted by Crippen LogP contribution is 2.43. The summed E-state index contributed by atoms with van der Waals surface area (Å²) in [5.74, 6) is 0.663. The first-order valence-electron chi connectivity index (χ1n) is 13.3. The summed E-state index contributed by atoms with van der Waals surface area (Å²) >= 11 is 6.69. The molecule has 9 heteroatoms. The molecule has 0 fully saturated rings. The van der Waals surface area contributed by atoms with Crippen molar-refractivity contribution in [2.75, 3.05) is 13.2 Å². The van der Waals surface area contributed by atoms with E-state index >= 15 is 0 Å². The maximum atomic E-state index is 14.6. The van der Waals surface area contributed by atoms with Crippen molar-refractivity contribution in [3.63, 3.8) is 0 Å². The molecule has 0 saturated heterocycles. The third kappa shape index (κ3) is 6.50. The van der Waals surface area contributed by atoms with E-state index in [1.165, 1.54) is 12.3 Å². The van der Waals surface area contributed by atoms with Gasteiger partial charge in [-0.15, -0.1) is 0 Å². The lowest BCUT2D eigenvalue weighted by molar-refractivity contribution is 0.169. The normalized spacial score (nSPS) is 14.1. The maximum Gasteiger partial charge on any atom is 0.142 e. The van der Waals surface area contributed by atoms with Gasteiger partial charge in [-0.25, -0.2) is 4.39 Å². The second kappa shape index (κ2) is 13.1. The van der Waals surface area contributed by atoms with E-state index in [0.29, 0.717) is 39.6 Å². The molecule has 1 atom stereocenters. The van der Waals surface area contributed by atoms with Gasteiger partial charge in [-0.3, -0.25) is 4.98 Å². The molecule has 4 aromatic rings. The van der Waals surface area contributed by atoms with Crippen LogP contribution in [0.25, 0.3) is 11.1 Å². The van der Waals surface area contributed by atoms with Gasteiger partial charge in [-0.2, -0.15) is 5.26 Å². The smallest absolute Gasteiger partial charge is 0.142 e. The van der Waals surface area contributed by atoms with Crippen LogP contribution in [0, 0.1) is 17.1 Å². The molecule has 5 rings (SSSR count). The maximum absolute atomic E-state index is 14.6. The summed E-state index contributed by atoms with van der Waals surface area (Å²) in [5, 5.41) is 31.6. The number of rotatable bonds is 11. The number of hydrogen-bond donors (Lipinski definition) is 3. The number of pyridine rings is 1. The zero-order chi connectivity index (χ0) is 28.8. The fraction of sp³-hybridized carbons (Fsp3) is 0.250. The molecule has 0 unspecified atom stereocenters. The Kier molecular flexibility index (Phi) is 9.12. The van der Waals surface area contributed by atoms with Crippen molar-refractivity contribution in [2.45, 2.75) is 38.1 Å². The summed E-state index contributed by atoms with van der Waals surface area (Å²) < 4.78 is 27.2. The van der Waals surface area contributed by atoms with Gasteiger partial charge in [0.2, 0.25) is 0 Å². The number of ether oxygens (including phenoxy) is 2. The second-order valence-corrected chi connectivity index (χ2v) is 10.2. The van der Waals surface area contributed by atoms with E-state index in [9.17, 15) is 19.9 Å². The van der Waals surface area contributed by atoms with Gasteiger partial charge < -0.3 is 25.0 Å². The molecule has 41 heavy (non-hydrogen) atoms. The van der Waals surface area contributed by atoms with Crippen molar-refractivity contribution >= 4 is 11.6 Å². The van der Waals surface area contributed by atoms with Crippen LogP contribution in [0.3, 0.4) is 0 Å². The molecule has 0 aliphatic heterocycles. The van der Waals surface area contributed by atoms with Crippen LogP contribution in [-0.4, -0.2) is 34.5 Å². The minimum atomic E-state index is -0.507. The number of aromatic nitrogens is 1. The van der Waals surface area contributed by atoms with E-state index in [0.717, 1.165) is 28.7 Å². The first-order valence-corrected chi connectivity index (χ1v) is 13.7. The SMILES string of the molecule is N#Cc1cncc(COc2cc(O[C@H]3CCc4c(-c5ccccc5F)cccc43)c(Cl)cc2CNC(CO)CO)c1. The Labute approximate surface area is 242 Å².